The maximum absolute atomic E-state index is 11.6. The van der Waals surface area contributed by atoms with E-state index in [1.165, 1.54) is 19.2 Å². The normalized spacial score (nSPS) is 11.5. The van der Waals surface area contributed by atoms with Crippen molar-refractivity contribution in [3.05, 3.63) is 39.9 Å². The van der Waals surface area contributed by atoms with Crippen molar-refractivity contribution in [3.8, 4) is 0 Å². The lowest BCUT2D eigenvalue weighted by molar-refractivity contribution is -0.384. The van der Waals surface area contributed by atoms with Gasteiger partial charge in [-0.2, -0.15) is 0 Å². The number of nitrogens with one attached hydrogen (secondary N) is 1. The Kier molecular flexibility index (Phi) is 5.64. The first-order valence-electron chi connectivity index (χ1n) is 6.08. The summed E-state index contributed by atoms with van der Waals surface area (Å²) in [5.74, 6) is -0.813. The molecule has 0 fully saturated rings. The summed E-state index contributed by atoms with van der Waals surface area (Å²) in [5, 5.41) is 13.1. The molecule has 1 amide bonds. The Balaban J connectivity index is 2.80. The van der Waals surface area contributed by atoms with Crippen LogP contribution in [0.15, 0.2) is 24.3 Å². The van der Waals surface area contributed by atoms with Gasteiger partial charge >= 0.3 is 5.97 Å². The third kappa shape index (κ3) is 4.34. The number of nitro benzene ring substituents is 1. The second-order valence-corrected chi connectivity index (χ2v) is 4.12. The van der Waals surface area contributed by atoms with Crippen molar-refractivity contribution >= 4 is 17.6 Å². The molecule has 0 radical (unpaired) electrons. The van der Waals surface area contributed by atoms with Crippen molar-refractivity contribution in [2.24, 2.45) is 0 Å². The number of benzene rings is 1. The summed E-state index contributed by atoms with van der Waals surface area (Å²) in [7, 11) is 1.24. The van der Waals surface area contributed by atoms with Gasteiger partial charge in [-0.25, -0.2) is 4.79 Å². The van der Waals surface area contributed by atoms with Crippen molar-refractivity contribution in [1.82, 2.24) is 5.32 Å². The Labute approximate surface area is 116 Å². The SMILES string of the molecule is CCC(=O)N[C@H](Cc1ccc([N+](=O)[O-])cc1)C(=O)OC. The second-order valence-electron chi connectivity index (χ2n) is 4.12. The van der Waals surface area contributed by atoms with E-state index in [1.807, 2.05) is 0 Å². The fourth-order valence-corrected chi connectivity index (χ4v) is 1.62. The van der Waals surface area contributed by atoms with E-state index in [9.17, 15) is 19.7 Å². The summed E-state index contributed by atoms with van der Waals surface area (Å²) in [4.78, 5) is 33.0. The number of carbonyl (C=O) groups is 2. The number of amides is 1. The number of esters is 1. The third-order valence-corrected chi connectivity index (χ3v) is 2.73. The Bertz CT molecular complexity index is 498. The molecule has 108 valence electrons. The van der Waals surface area contributed by atoms with Crippen LogP contribution in [0.4, 0.5) is 5.69 Å². The zero-order chi connectivity index (χ0) is 15.1. The summed E-state index contributed by atoms with van der Waals surface area (Å²) in [6, 6.07) is 5.00. The van der Waals surface area contributed by atoms with E-state index in [2.05, 4.69) is 10.1 Å². The number of hydrogen-bond donors (Lipinski definition) is 1. The average molecular weight is 280 g/mol. The molecular weight excluding hydrogens is 264 g/mol. The summed E-state index contributed by atoms with van der Waals surface area (Å²) in [6.07, 6.45) is 0.476. The smallest absolute Gasteiger partial charge is 0.328 e. The van der Waals surface area contributed by atoms with Gasteiger partial charge in [0.05, 0.1) is 12.0 Å². The van der Waals surface area contributed by atoms with Crippen LogP contribution in [0.25, 0.3) is 0 Å². The number of nitro groups is 1. The van der Waals surface area contributed by atoms with Gasteiger partial charge in [-0.15, -0.1) is 0 Å². The predicted molar refractivity (Wildman–Crippen MR) is 71.0 cm³/mol. The van der Waals surface area contributed by atoms with Gasteiger partial charge in [0.1, 0.15) is 6.04 Å². The van der Waals surface area contributed by atoms with E-state index in [0.717, 1.165) is 0 Å². The highest BCUT2D eigenvalue weighted by atomic mass is 16.6. The molecule has 1 rings (SSSR count). The van der Waals surface area contributed by atoms with Crippen LogP contribution in [0.1, 0.15) is 18.9 Å². The van der Waals surface area contributed by atoms with E-state index >= 15 is 0 Å². The molecule has 7 heteroatoms. The second kappa shape index (κ2) is 7.22. The minimum Gasteiger partial charge on any atom is -0.467 e. The molecule has 0 saturated heterocycles. The van der Waals surface area contributed by atoms with Gasteiger partial charge in [0.25, 0.3) is 5.69 Å². The molecule has 0 aromatic heterocycles. The Morgan fingerprint density at radius 1 is 1.35 bits per heavy atom. The average Bonchev–Trinajstić information content (AvgIpc) is 2.46. The van der Waals surface area contributed by atoms with Crippen LogP contribution >= 0.6 is 0 Å². The Morgan fingerprint density at radius 3 is 2.40 bits per heavy atom. The molecule has 0 unspecified atom stereocenters. The highest BCUT2D eigenvalue weighted by Gasteiger charge is 2.21. The maximum Gasteiger partial charge on any atom is 0.328 e. The topological polar surface area (TPSA) is 98.5 Å². The summed E-state index contributed by atoms with van der Waals surface area (Å²) >= 11 is 0. The number of ether oxygens (including phenoxy) is 1. The molecule has 1 atom stereocenters. The van der Waals surface area contributed by atoms with Crippen LogP contribution < -0.4 is 5.32 Å². The van der Waals surface area contributed by atoms with Crippen molar-refractivity contribution in [2.75, 3.05) is 7.11 Å². The van der Waals surface area contributed by atoms with Gasteiger partial charge in [0.2, 0.25) is 5.91 Å². The molecule has 0 bridgehead atoms. The molecule has 0 aliphatic rings. The number of rotatable bonds is 6. The Morgan fingerprint density at radius 2 is 1.95 bits per heavy atom. The van der Waals surface area contributed by atoms with Crippen LogP contribution in [-0.4, -0.2) is 30.0 Å². The largest absolute Gasteiger partial charge is 0.467 e. The van der Waals surface area contributed by atoms with Gasteiger partial charge in [0, 0.05) is 25.0 Å². The lowest BCUT2D eigenvalue weighted by atomic mass is 10.1. The number of non-ortho nitro benzene ring substituents is 1. The number of nitrogens with zero attached hydrogens (tertiary/aromatic N) is 1. The van der Waals surface area contributed by atoms with Gasteiger partial charge in [-0.3, -0.25) is 14.9 Å². The fourth-order valence-electron chi connectivity index (χ4n) is 1.62. The van der Waals surface area contributed by atoms with Crippen LogP contribution in [-0.2, 0) is 20.7 Å². The fraction of sp³-hybridized carbons (Fsp3) is 0.385. The number of carbonyl (C=O) groups excluding carboxylic acids is 2. The first kappa shape index (κ1) is 15.6. The number of methoxy groups -OCH3 is 1. The highest BCUT2D eigenvalue weighted by molar-refractivity contribution is 5.84. The monoisotopic (exact) mass is 280 g/mol. The van der Waals surface area contributed by atoms with Crippen LogP contribution in [0.3, 0.4) is 0 Å². The maximum atomic E-state index is 11.6. The molecule has 1 aromatic carbocycles. The molecule has 0 aliphatic carbocycles. The van der Waals surface area contributed by atoms with E-state index in [-0.39, 0.29) is 24.4 Å². The van der Waals surface area contributed by atoms with E-state index in [4.69, 9.17) is 0 Å². The van der Waals surface area contributed by atoms with E-state index in [0.29, 0.717) is 5.56 Å². The van der Waals surface area contributed by atoms with Gasteiger partial charge in [-0.1, -0.05) is 19.1 Å². The quantitative estimate of drug-likeness (QED) is 0.479. The van der Waals surface area contributed by atoms with Crippen LogP contribution in [0.2, 0.25) is 0 Å². The molecule has 0 aliphatic heterocycles. The molecule has 1 aromatic rings. The highest BCUT2D eigenvalue weighted by Crippen LogP contribution is 2.13. The summed E-state index contributed by atoms with van der Waals surface area (Å²) < 4.78 is 4.63. The first-order valence-corrected chi connectivity index (χ1v) is 6.08. The molecular formula is C13H16N2O5. The lowest BCUT2D eigenvalue weighted by Crippen LogP contribution is -2.42. The third-order valence-electron chi connectivity index (χ3n) is 2.73. The number of hydrogen-bond acceptors (Lipinski definition) is 5. The molecule has 7 nitrogen and oxygen atoms in total. The molecule has 0 saturated carbocycles. The summed E-state index contributed by atoms with van der Waals surface area (Å²) in [5.41, 5.74) is 0.670. The lowest BCUT2D eigenvalue weighted by Gasteiger charge is -2.16. The first-order chi connectivity index (χ1) is 9.47. The van der Waals surface area contributed by atoms with Crippen LogP contribution in [0.5, 0.6) is 0 Å². The Hall–Kier alpha value is -2.44. The van der Waals surface area contributed by atoms with E-state index in [1.54, 1.807) is 19.1 Å². The molecule has 20 heavy (non-hydrogen) atoms. The standard InChI is InChI=1S/C13H16N2O5/c1-3-12(16)14-11(13(17)20-2)8-9-4-6-10(7-5-9)15(18)19/h4-7,11H,3,8H2,1-2H3,(H,14,16)/t11-/m1/s1. The van der Waals surface area contributed by atoms with Crippen molar-refractivity contribution in [1.29, 1.82) is 0 Å². The molecule has 1 N–H and O–H groups in total. The predicted octanol–water partition coefficient (Wildman–Crippen LogP) is 1.21. The van der Waals surface area contributed by atoms with Gasteiger partial charge in [-0.05, 0) is 5.56 Å². The van der Waals surface area contributed by atoms with Gasteiger partial charge in [0.15, 0.2) is 0 Å². The zero-order valence-corrected chi connectivity index (χ0v) is 11.3. The van der Waals surface area contributed by atoms with Crippen molar-refractivity contribution in [3.63, 3.8) is 0 Å². The zero-order valence-electron chi connectivity index (χ0n) is 11.3. The molecule has 0 spiro atoms. The van der Waals surface area contributed by atoms with Crippen molar-refractivity contribution in [2.45, 2.75) is 25.8 Å². The van der Waals surface area contributed by atoms with E-state index < -0.39 is 16.9 Å². The molecule has 0 heterocycles. The minimum atomic E-state index is -0.797. The van der Waals surface area contributed by atoms with Crippen molar-refractivity contribution < 1.29 is 19.2 Å². The minimum absolute atomic E-state index is 0.0269. The van der Waals surface area contributed by atoms with Crippen LogP contribution in [0, 0.1) is 10.1 Å². The summed E-state index contributed by atoms with van der Waals surface area (Å²) in [6.45, 7) is 1.68. The van der Waals surface area contributed by atoms with Gasteiger partial charge < -0.3 is 10.1 Å².